The van der Waals surface area contributed by atoms with Gasteiger partial charge in [0.1, 0.15) is 0 Å². The maximum atomic E-state index is 12.2. The Balaban J connectivity index is 2.48. The van der Waals surface area contributed by atoms with Gasteiger partial charge in [0.15, 0.2) is 0 Å². The molecule has 0 saturated carbocycles. The van der Waals surface area contributed by atoms with Gasteiger partial charge in [0, 0.05) is 11.1 Å². The molecule has 3 nitrogen and oxygen atoms in total. The Labute approximate surface area is 107 Å². The summed E-state index contributed by atoms with van der Waals surface area (Å²) in [7, 11) is -3.44. The standard InChI is InChI=1S/C14H13NO2S/c1-9-7-8-10(2)14-13(9)11-5-3-4-6-12(11)18(16,17)15-14/h3-8,15H,1-2H3. The third kappa shape index (κ3) is 1.46. The molecule has 18 heavy (non-hydrogen) atoms. The molecule has 92 valence electrons. The van der Waals surface area contributed by atoms with Gasteiger partial charge in [-0.3, -0.25) is 4.72 Å². The second-order valence-corrected chi connectivity index (χ2v) is 6.20. The van der Waals surface area contributed by atoms with E-state index in [0.717, 1.165) is 22.3 Å². The fourth-order valence-corrected chi connectivity index (χ4v) is 3.75. The van der Waals surface area contributed by atoms with Crippen LogP contribution in [0.3, 0.4) is 0 Å². The third-order valence-corrected chi connectivity index (χ3v) is 4.71. The molecule has 1 N–H and O–H groups in total. The van der Waals surface area contributed by atoms with Gasteiger partial charge >= 0.3 is 0 Å². The first-order chi connectivity index (χ1) is 8.50. The van der Waals surface area contributed by atoms with E-state index in [9.17, 15) is 8.42 Å². The van der Waals surface area contributed by atoms with Gasteiger partial charge in [-0.2, -0.15) is 0 Å². The molecule has 0 fully saturated rings. The highest BCUT2D eigenvalue weighted by Crippen LogP contribution is 2.42. The summed E-state index contributed by atoms with van der Waals surface area (Å²) < 4.78 is 27.1. The Morgan fingerprint density at radius 2 is 1.61 bits per heavy atom. The van der Waals surface area contributed by atoms with Gasteiger partial charge in [-0.05, 0) is 31.0 Å². The molecular formula is C14H13NO2S. The number of hydrogen-bond acceptors (Lipinski definition) is 2. The number of anilines is 1. The van der Waals surface area contributed by atoms with Crippen LogP contribution in [0, 0.1) is 13.8 Å². The summed E-state index contributed by atoms with van der Waals surface area (Å²) in [5.74, 6) is 0. The van der Waals surface area contributed by atoms with Crippen LogP contribution in [0.4, 0.5) is 5.69 Å². The van der Waals surface area contributed by atoms with Gasteiger partial charge in [-0.25, -0.2) is 8.42 Å². The molecular weight excluding hydrogens is 246 g/mol. The summed E-state index contributed by atoms with van der Waals surface area (Å²) in [6, 6.07) is 11.1. The predicted molar refractivity (Wildman–Crippen MR) is 72.2 cm³/mol. The van der Waals surface area contributed by atoms with E-state index in [1.54, 1.807) is 12.1 Å². The smallest absolute Gasteiger partial charge is 0.262 e. The zero-order valence-corrected chi connectivity index (χ0v) is 11.0. The Morgan fingerprint density at radius 1 is 0.944 bits per heavy atom. The molecule has 0 aromatic heterocycles. The lowest BCUT2D eigenvalue weighted by Gasteiger charge is -2.24. The number of sulfonamides is 1. The van der Waals surface area contributed by atoms with Crippen LogP contribution in [0.2, 0.25) is 0 Å². The van der Waals surface area contributed by atoms with Crippen LogP contribution in [0.5, 0.6) is 0 Å². The largest absolute Gasteiger partial charge is 0.279 e. The average Bonchev–Trinajstić information content (AvgIpc) is 2.34. The minimum absolute atomic E-state index is 0.353. The van der Waals surface area contributed by atoms with Crippen molar-refractivity contribution >= 4 is 15.7 Å². The second kappa shape index (κ2) is 3.59. The molecule has 0 atom stereocenters. The van der Waals surface area contributed by atoms with Gasteiger partial charge in [-0.1, -0.05) is 30.3 Å². The van der Waals surface area contributed by atoms with Gasteiger partial charge in [-0.15, -0.1) is 0 Å². The van der Waals surface area contributed by atoms with Crippen molar-refractivity contribution in [3.63, 3.8) is 0 Å². The molecule has 0 unspecified atom stereocenters. The molecule has 4 heteroatoms. The highest BCUT2D eigenvalue weighted by atomic mass is 32.2. The summed E-state index contributed by atoms with van der Waals surface area (Å²) in [4.78, 5) is 0.353. The number of rotatable bonds is 0. The van der Waals surface area contributed by atoms with Crippen LogP contribution in [0.25, 0.3) is 11.1 Å². The van der Waals surface area contributed by atoms with Crippen LogP contribution in [0.1, 0.15) is 11.1 Å². The normalized spacial score (nSPS) is 15.4. The first kappa shape index (κ1) is 11.3. The van der Waals surface area contributed by atoms with Crippen molar-refractivity contribution in [3.8, 4) is 11.1 Å². The molecule has 2 aromatic rings. The lowest BCUT2D eigenvalue weighted by molar-refractivity contribution is 0.601. The minimum Gasteiger partial charge on any atom is -0.279 e. The van der Waals surface area contributed by atoms with Gasteiger partial charge in [0.05, 0.1) is 10.6 Å². The number of benzene rings is 2. The summed E-state index contributed by atoms with van der Waals surface area (Å²) in [6.07, 6.45) is 0. The Kier molecular flexibility index (Phi) is 2.25. The van der Waals surface area contributed by atoms with Crippen molar-refractivity contribution in [2.24, 2.45) is 0 Å². The Morgan fingerprint density at radius 3 is 2.39 bits per heavy atom. The van der Waals surface area contributed by atoms with Crippen LogP contribution in [0.15, 0.2) is 41.3 Å². The van der Waals surface area contributed by atoms with E-state index in [4.69, 9.17) is 0 Å². The van der Waals surface area contributed by atoms with Gasteiger partial charge in [0.2, 0.25) is 0 Å². The van der Waals surface area contributed by atoms with E-state index in [-0.39, 0.29) is 0 Å². The van der Waals surface area contributed by atoms with Crippen molar-refractivity contribution in [3.05, 3.63) is 47.5 Å². The number of aryl methyl sites for hydroxylation is 2. The molecule has 0 radical (unpaired) electrons. The predicted octanol–water partition coefficient (Wildman–Crippen LogP) is 3.08. The number of hydrogen-bond donors (Lipinski definition) is 1. The monoisotopic (exact) mass is 259 g/mol. The third-order valence-electron chi connectivity index (χ3n) is 3.30. The van der Waals surface area contributed by atoms with Crippen LogP contribution in [-0.2, 0) is 10.0 Å². The molecule has 1 aliphatic rings. The first-order valence-electron chi connectivity index (χ1n) is 5.73. The summed E-state index contributed by atoms with van der Waals surface area (Å²) in [6.45, 7) is 3.91. The van der Waals surface area contributed by atoms with E-state index >= 15 is 0 Å². The molecule has 1 aliphatic heterocycles. The van der Waals surface area contributed by atoms with Crippen molar-refractivity contribution in [2.75, 3.05) is 4.72 Å². The van der Waals surface area contributed by atoms with Crippen molar-refractivity contribution in [2.45, 2.75) is 18.7 Å². The molecule has 2 aromatic carbocycles. The summed E-state index contributed by atoms with van der Waals surface area (Å²) in [5, 5.41) is 0. The quantitative estimate of drug-likeness (QED) is 0.790. The molecule has 1 heterocycles. The molecule has 0 aliphatic carbocycles. The van der Waals surface area contributed by atoms with Crippen LogP contribution in [-0.4, -0.2) is 8.42 Å². The first-order valence-corrected chi connectivity index (χ1v) is 7.21. The van der Waals surface area contributed by atoms with Crippen molar-refractivity contribution < 1.29 is 8.42 Å². The fourth-order valence-electron chi connectivity index (χ4n) is 2.39. The summed E-state index contributed by atoms with van der Waals surface area (Å²) in [5.41, 5.74) is 4.49. The molecule has 0 bridgehead atoms. The van der Waals surface area contributed by atoms with Crippen LogP contribution < -0.4 is 4.72 Å². The summed E-state index contributed by atoms with van der Waals surface area (Å²) >= 11 is 0. The van der Waals surface area contributed by atoms with Crippen LogP contribution >= 0.6 is 0 Å². The maximum absolute atomic E-state index is 12.2. The Bertz CT molecular complexity index is 748. The average molecular weight is 259 g/mol. The molecule has 0 saturated heterocycles. The highest BCUT2D eigenvalue weighted by Gasteiger charge is 2.28. The second-order valence-electron chi connectivity index (χ2n) is 4.55. The molecule has 3 rings (SSSR count). The highest BCUT2D eigenvalue weighted by molar-refractivity contribution is 7.93. The van der Waals surface area contributed by atoms with Crippen molar-refractivity contribution in [1.29, 1.82) is 0 Å². The zero-order chi connectivity index (χ0) is 12.9. The van der Waals surface area contributed by atoms with Gasteiger partial charge < -0.3 is 0 Å². The lowest BCUT2D eigenvalue weighted by Crippen LogP contribution is -2.20. The minimum atomic E-state index is -3.44. The Hall–Kier alpha value is -1.81. The van der Waals surface area contributed by atoms with Gasteiger partial charge in [0.25, 0.3) is 10.0 Å². The van der Waals surface area contributed by atoms with Crippen molar-refractivity contribution in [1.82, 2.24) is 0 Å². The number of nitrogens with one attached hydrogen (secondary N) is 1. The van der Waals surface area contributed by atoms with E-state index in [1.165, 1.54) is 0 Å². The molecule has 0 spiro atoms. The van der Waals surface area contributed by atoms with E-state index in [0.29, 0.717) is 10.6 Å². The topological polar surface area (TPSA) is 46.2 Å². The zero-order valence-electron chi connectivity index (χ0n) is 10.2. The lowest BCUT2D eigenvalue weighted by atomic mass is 9.96. The van der Waals surface area contributed by atoms with E-state index in [1.807, 2.05) is 38.1 Å². The van der Waals surface area contributed by atoms with E-state index < -0.39 is 10.0 Å². The fraction of sp³-hybridized carbons (Fsp3) is 0.143. The van der Waals surface area contributed by atoms with E-state index in [2.05, 4.69) is 4.72 Å². The SMILES string of the molecule is Cc1ccc(C)c2c1NS(=O)(=O)c1ccccc1-2. The molecule has 0 amide bonds. The maximum Gasteiger partial charge on any atom is 0.262 e. The number of fused-ring (bicyclic) bond motifs is 3.